The number of nitrogens with one attached hydrogen (secondary N) is 1. The van der Waals surface area contributed by atoms with Crippen molar-refractivity contribution in [3.8, 4) is 5.75 Å². The lowest BCUT2D eigenvalue weighted by Crippen LogP contribution is -2.31. The summed E-state index contributed by atoms with van der Waals surface area (Å²) in [4.78, 5) is 14.5. The lowest BCUT2D eigenvalue weighted by Gasteiger charge is -2.14. The number of rotatable bonds is 4. The lowest BCUT2D eigenvalue weighted by atomic mass is 10.1. The molecule has 0 bridgehead atoms. The third kappa shape index (κ3) is 3.26. The van der Waals surface area contributed by atoms with Gasteiger partial charge in [0.2, 0.25) is 0 Å². The normalized spacial score (nSPS) is 19.6. The smallest absolute Gasteiger partial charge is 0.251 e. The summed E-state index contributed by atoms with van der Waals surface area (Å²) < 4.78 is 0. The molecule has 1 saturated heterocycles. The molecule has 1 unspecified atom stereocenters. The van der Waals surface area contributed by atoms with Crippen LogP contribution < -0.4 is 5.32 Å². The van der Waals surface area contributed by atoms with Crippen molar-refractivity contribution in [1.29, 1.82) is 0 Å². The van der Waals surface area contributed by atoms with Gasteiger partial charge in [0.25, 0.3) is 5.91 Å². The molecule has 1 aromatic rings. The molecule has 1 amide bonds. The minimum atomic E-state index is -0.0941. The van der Waals surface area contributed by atoms with E-state index in [-0.39, 0.29) is 11.7 Å². The van der Waals surface area contributed by atoms with Gasteiger partial charge in [0.05, 0.1) is 0 Å². The molecule has 0 aliphatic carbocycles. The summed E-state index contributed by atoms with van der Waals surface area (Å²) >= 11 is 0. The van der Waals surface area contributed by atoms with Crippen LogP contribution in [0.3, 0.4) is 0 Å². The Bertz CT molecular complexity index is 459. The number of likely N-dealkylation sites (tertiary alicyclic amines) is 1. The summed E-state index contributed by atoms with van der Waals surface area (Å²) in [5.74, 6) is 0.621. The van der Waals surface area contributed by atoms with Gasteiger partial charge in [-0.1, -0.05) is 13.0 Å². The molecule has 2 N–H and O–H groups in total. The zero-order chi connectivity index (χ0) is 13.8. The van der Waals surface area contributed by atoms with Gasteiger partial charge in [-0.3, -0.25) is 4.79 Å². The fourth-order valence-corrected chi connectivity index (χ4v) is 2.57. The largest absolute Gasteiger partial charge is 0.508 e. The Balaban J connectivity index is 1.90. The van der Waals surface area contributed by atoms with Crippen LogP contribution in [0, 0.1) is 12.8 Å². The molecule has 0 aromatic heterocycles. The van der Waals surface area contributed by atoms with Crippen LogP contribution in [0.4, 0.5) is 0 Å². The van der Waals surface area contributed by atoms with Crippen molar-refractivity contribution in [2.75, 3.05) is 26.2 Å². The van der Waals surface area contributed by atoms with Crippen LogP contribution >= 0.6 is 0 Å². The van der Waals surface area contributed by atoms with Gasteiger partial charge in [-0.2, -0.15) is 0 Å². The monoisotopic (exact) mass is 262 g/mol. The first kappa shape index (κ1) is 13.9. The average molecular weight is 262 g/mol. The molecule has 2 rings (SSSR count). The molecule has 19 heavy (non-hydrogen) atoms. The zero-order valence-electron chi connectivity index (χ0n) is 11.6. The van der Waals surface area contributed by atoms with E-state index in [2.05, 4.69) is 17.1 Å². The minimum Gasteiger partial charge on any atom is -0.508 e. The summed E-state index contributed by atoms with van der Waals surface area (Å²) in [7, 11) is 0. The number of nitrogens with zero attached hydrogens (tertiary/aromatic N) is 1. The second-order valence-electron chi connectivity index (χ2n) is 5.21. The van der Waals surface area contributed by atoms with Gasteiger partial charge in [-0.05, 0) is 44.5 Å². The molecule has 0 saturated carbocycles. The topological polar surface area (TPSA) is 52.6 Å². The minimum absolute atomic E-state index is 0.0941. The summed E-state index contributed by atoms with van der Waals surface area (Å²) in [6, 6.07) is 5.05. The maximum absolute atomic E-state index is 12.1. The molecule has 1 heterocycles. The molecular weight excluding hydrogens is 240 g/mol. The predicted octanol–water partition coefficient (Wildman–Crippen LogP) is 1.77. The van der Waals surface area contributed by atoms with E-state index in [0.29, 0.717) is 23.6 Å². The maximum atomic E-state index is 12.1. The lowest BCUT2D eigenvalue weighted by molar-refractivity contribution is 0.0946. The van der Waals surface area contributed by atoms with Crippen LogP contribution in [0.2, 0.25) is 0 Å². The van der Waals surface area contributed by atoms with Gasteiger partial charge >= 0.3 is 0 Å². The van der Waals surface area contributed by atoms with Gasteiger partial charge in [0, 0.05) is 24.2 Å². The molecule has 1 aliphatic heterocycles. The molecule has 104 valence electrons. The fraction of sp³-hybridized carbons (Fsp3) is 0.533. The van der Waals surface area contributed by atoms with E-state index in [4.69, 9.17) is 0 Å². The fourth-order valence-electron chi connectivity index (χ4n) is 2.57. The van der Waals surface area contributed by atoms with Gasteiger partial charge in [-0.25, -0.2) is 0 Å². The van der Waals surface area contributed by atoms with Crippen molar-refractivity contribution in [3.63, 3.8) is 0 Å². The molecule has 1 aliphatic rings. The summed E-state index contributed by atoms with van der Waals surface area (Å²) in [6.07, 6.45) is 1.15. The van der Waals surface area contributed by atoms with Crippen LogP contribution in [0.25, 0.3) is 0 Å². The number of carbonyl (C=O) groups is 1. The second kappa shape index (κ2) is 6.06. The van der Waals surface area contributed by atoms with E-state index in [0.717, 1.165) is 26.1 Å². The molecule has 1 aromatic carbocycles. The van der Waals surface area contributed by atoms with Crippen molar-refractivity contribution in [2.45, 2.75) is 20.3 Å². The van der Waals surface area contributed by atoms with E-state index >= 15 is 0 Å². The van der Waals surface area contributed by atoms with E-state index in [1.165, 1.54) is 0 Å². The number of hydrogen-bond donors (Lipinski definition) is 2. The Labute approximate surface area is 114 Å². The quantitative estimate of drug-likeness (QED) is 0.869. The molecule has 1 fully saturated rings. The number of phenols is 1. The molecule has 1 atom stereocenters. The second-order valence-corrected chi connectivity index (χ2v) is 5.21. The number of amides is 1. The standard InChI is InChI=1S/C15H22N2O2/c1-3-17-8-7-12(10-17)9-16-15(19)13-5-4-6-14(18)11(13)2/h4-6,12,18H,3,7-10H2,1-2H3,(H,16,19). The molecule has 4 heteroatoms. The first-order valence-electron chi connectivity index (χ1n) is 6.91. The number of phenolic OH excluding ortho intramolecular Hbond substituents is 1. The molecule has 0 radical (unpaired) electrons. The van der Waals surface area contributed by atoms with Crippen LogP contribution in [-0.4, -0.2) is 42.1 Å². The molecule has 0 spiro atoms. The van der Waals surface area contributed by atoms with Crippen LogP contribution in [0.1, 0.15) is 29.3 Å². The van der Waals surface area contributed by atoms with Crippen molar-refractivity contribution >= 4 is 5.91 Å². The van der Waals surface area contributed by atoms with Gasteiger partial charge < -0.3 is 15.3 Å². The van der Waals surface area contributed by atoms with Crippen LogP contribution in [0.15, 0.2) is 18.2 Å². The number of benzene rings is 1. The van der Waals surface area contributed by atoms with E-state index in [1.807, 2.05) is 0 Å². The first-order valence-corrected chi connectivity index (χ1v) is 6.91. The van der Waals surface area contributed by atoms with Crippen molar-refractivity contribution in [2.24, 2.45) is 5.92 Å². The maximum Gasteiger partial charge on any atom is 0.251 e. The van der Waals surface area contributed by atoms with Crippen LogP contribution in [0.5, 0.6) is 5.75 Å². The Morgan fingerprint density at radius 2 is 2.32 bits per heavy atom. The SMILES string of the molecule is CCN1CCC(CNC(=O)c2cccc(O)c2C)C1. The number of hydrogen-bond acceptors (Lipinski definition) is 3. The number of carbonyl (C=O) groups excluding carboxylic acids is 1. The molecule has 4 nitrogen and oxygen atoms in total. The predicted molar refractivity (Wildman–Crippen MR) is 75.4 cm³/mol. The Hall–Kier alpha value is -1.55. The van der Waals surface area contributed by atoms with Crippen molar-refractivity contribution in [1.82, 2.24) is 10.2 Å². The molecular formula is C15H22N2O2. The highest BCUT2D eigenvalue weighted by molar-refractivity contribution is 5.96. The van der Waals surface area contributed by atoms with E-state index < -0.39 is 0 Å². The third-order valence-electron chi connectivity index (χ3n) is 3.92. The number of aromatic hydroxyl groups is 1. The highest BCUT2D eigenvalue weighted by Gasteiger charge is 2.22. The highest BCUT2D eigenvalue weighted by Crippen LogP contribution is 2.20. The Kier molecular flexibility index (Phi) is 4.43. The van der Waals surface area contributed by atoms with Crippen molar-refractivity contribution in [3.05, 3.63) is 29.3 Å². The Morgan fingerprint density at radius 1 is 1.53 bits per heavy atom. The summed E-state index contributed by atoms with van der Waals surface area (Å²) in [5.41, 5.74) is 1.20. The van der Waals surface area contributed by atoms with Gasteiger partial charge in [0.15, 0.2) is 0 Å². The first-order chi connectivity index (χ1) is 9.11. The van der Waals surface area contributed by atoms with E-state index in [1.54, 1.807) is 25.1 Å². The van der Waals surface area contributed by atoms with Gasteiger partial charge in [-0.15, -0.1) is 0 Å². The average Bonchev–Trinajstić information content (AvgIpc) is 2.87. The summed E-state index contributed by atoms with van der Waals surface area (Å²) in [5, 5.41) is 12.6. The van der Waals surface area contributed by atoms with Gasteiger partial charge in [0.1, 0.15) is 5.75 Å². The highest BCUT2D eigenvalue weighted by atomic mass is 16.3. The zero-order valence-corrected chi connectivity index (χ0v) is 11.6. The third-order valence-corrected chi connectivity index (χ3v) is 3.92. The summed E-state index contributed by atoms with van der Waals surface area (Å²) in [6.45, 7) is 7.91. The van der Waals surface area contributed by atoms with E-state index in [9.17, 15) is 9.90 Å². The van der Waals surface area contributed by atoms with Crippen molar-refractivity contribution < 1.29 is 9.90 Å². The van der Waals surface area contributed by atoms with Crippen LogP contribution in [-0.2, 0) is 0 Å². The Morgan fingerprint density at radius 3 is 3.00 bits per heavy atom.